The van der Waals surface area contributed by atoms with E-state index >= 15 is 0 Å². The van der Waals surface area contributed by atoms with Crippen molar-refractivity contribution in [3.05, 3.63) is 0 Å². The van der Waals surface area contributed by atoms with Crippen molar-refractivity contribution in [1.29, 1.82) is 0 Å². The minimum atomic E-state index is -0.172. The van der Waals surface area contributed by atoms with E-state index in [9.17, 15) is 14.4 Å². The highest BCUT2D eigenvalue weighted by molar-refractivity contribution is 7.81. The van der Waals surface area contributed by atoms with Crippen LogP contribution in [-0.2, 0) is 19.1 Å². The number of Topliss-reactive ketones (excluding diaryl/α,β-unsaturated/α-hetero) is 2. The molecule has 3 atom stereocenters. The van der Waals surface area contributed by atoms with Crippen LogP contribution in [0.2, 0.25) is 0 Å². The first kappa shape index (κ1) is 26.2. The number of rotatable bonds is 17. The zero-order chi connectivity index (χ0) is 21.5. The molecule has 1 fully saturated rings. The first-order valence-corrected chi connectivity index (χ1v) is 12.4. The Hall–Kier alpha value is -0.840. The number of thiol groups is 1. The topological polar surface area (TPSA) is 60.4 Å². The van der Waals surface area contributed by atoms with E-state index in [2.05, 4.69) is 13.8 Å². The summed E-state index contributed by atoms with van der Waals surface area (Å²) in [6.07, 6.45) is 13.2. The van der Waals surface area contributed by atoms with Gasteiger partial charge >= 0.3 is 5.97 Å². The van der Waals surface area contributed by atoms with Gasteiger partial charge in [-0.15, -0.1) is 0 Å². The molecule has 0 aromatic rings. The molecule has 0 amide bonds. The number of esters is 1. The van der Waals surface area contributed by atoms with Crippen molar-refractivity contribution in [3.8, 4) is 0 Å². The Morgan fingerprint density at radius 2 is 1.69 bits per heavy atom. The fourth-order valence-corrected chi connectivity index (χ4v) is 4.71. The number of ketones is 2. The summed E-state index contributed by atoms with van der Waals surface area (Å²) in [4.78, 5) is 36.3. The minimum absolute atomic E-state index is 0.139. The van der Waals surface area contributed by atoms with Gasteiger partial charge in [0.1, 0.15) is 11.6 Å². The van der Waals surface area contributed by atoms with Crippen LogP contribution in [0.1, 0.15) is 110 Å². The normalized spacial score (nSPS) is 20.0. The van der Waals surface area contributed by atoms with Gasteiger partial charge in [0.25, 0.3) is 0 Å². The summed E-state index contributed by atoms with van der Waals surface area (Å²) in [6, 6.07) is 0. The SMILES string of the molecule is CCCCCCCC(S)[C@H]1CCC(=O)[C@@H]1CC(=O)CCCCC(=O)OCCCC. The molecule has 0 aromatic carbocycles. The van der Waals surface area contributed by atoms with E-state index < -0.39 is 0 Å². The zero-order valence-corrected chi connectivity index (χ0v) is 19.5. The second kappa shape index (κ2) is 15.9. The van der Waals surface area contributed by atoms with E-state index in [1.54, 1.807) is 0 Å². The van der Waals surface area contributed by atoms with Gasteiger partial charge in [0.15, 0.2) is 0 Å². The first-order chi connectivity index (χ1) is 14.0. The fraction of sp³-hybridized carbons (Fsp3) is 0.875. The molecular weight excluding hydrogens is 384 g/mol. The third-order valence-electron chi connectivity index (χ3n) is 6.05. The van der Waals surface area contributed by atoms with Crippen LogP contribution in [0.4, 0.5) is 0 Å². The molecule has 168 valence electrons. The van der Waals surface area contributed by atoms with Crippen molar-refractivity contribution < 1.29 is 19.1 Å². The smallest absolute Gasteiger partial charge is 0.305 e. The number of carbonyl (C=O) groups is 3. The number of hydrogen-bond acceptors (Lipinski definition) is 5. The second-order valence-corrected chi connectivity index (χ2v) is 9.23. The van der Waals surface area contributed by atoms with Gasteiger partial charge in [0.05, 0.1) is 6.61 Å². The zero-order valence-electron chi connectivity index (χ0n) is 18.6. The Morgan fingerprint density at radius 1 is 1.00 bits per heavy atom. The van der Waals surface area contributed by atoms with Crippen molar-refractivity contribution >= 4 is 30.2 Å². The van der Waals surface area contributed by atoms with Gasteiger partial charge in [-0.1, -0.05) is 52.4 Å². The molecule has 0 heterocycles. The first-order valence-electron chi connectivity index (χ1n) is 11.9. The van der Waals surface area contributed by atoms with Crippen LogP contribution in [0, 0.1) is 11.8 Å². The molecule has 0 aliphatic heterocycles. The highest BCUT2D eigenvalue weighted by Crippen LogP contribution is 2.38. The summed E-state index contributed by atoms with van der Waals surface area (Å²) < 4.78 is 5.13. The third-order valence-corrected chi connectivity index (χ3v) is 6.69. The van der Waals surface area contributed by atoms with Gasteiger partial charge in [0, 0.05) is 36.9 Å². The van der Waals surface area contributed by atoms with Crippen LogP contribution in [0.15, 0.2) is 0 Å². The molecule has 0 N–H and O–H groups in total. The molecule has 4 nitrogen and oxygen atoms in total. The van der Waals surface area contributed by atoms with E-state index in [0.29, 0.717) is 45.1 Å². The molecule has 1 rings (SSSR count). The molecule has 0 bridgehead atoms. The molecule has 1 saturated carbocycles. The van der Waals surface area contributed by atoms with E-state index in [1.807, 2.05) is 0 Å². The summed E-state index contributed by atoms with van der Waals surface area (Å²) in [5, 5.41) is 0.221. The largest absolute Gasteiger partial charge is 0.466 e. The van der Waals surface area contributed by atoms with Crippen LogP contribution >= 0.6 is 12.6 Å². The van der Waals surface area contributed by atoms with Gasteiger partial charge in [0.2, 0.25) is 0 Å². The Labute approximate surface area is 183 Å². The van der Waals surface area contributed by atoms with Crippen molar-refractivity contribution in [2.45, 2.75) is 115 Å². The minimum Gasteiger partial charge on any atom is -0.466 e. The lowest BCUT2D eigenvalue weighted by Gasteiger charge is -2.24. The lowest BCUT2D eigenvalue weighted by molar-refractivity contribution is -0.144. The Morgan fingerprint density at radius 3 is 2.41 bits per heavy atom. The number of ether oxygens (including phenoxy) is 1. The lowest BCUT2D eigenvalue weighted by Crippen LogP contribution is -2.25. The van der Waals surface area contributed by atoms with E-state index in [4.69, 9.17) is 17.4 Å². The molecule has 1 unspecified atom stereocenters. The summed E-state index contributed by atoms with van der Waals surface area (Å²) in [5.41, 5.74) is 0. The summed E-state index contributed by atoms with van der Waals surface area (Å²) in [6.45, 7) is 4.76. The molecule has 0 aromatic heterocycles. The average Bonchev–Trinajstić information content (AvgIpc) is 3.05. The average molecular weight is 427 g/mol. The van der Waals surface area contributed by atoms with Crippen LogP contribution in [0.5, 0.6) is 0 Å². The van der Waals surface area contributed by atoms with Crippen molar-refractivity contribution in [1.82, 2.24) is 0 Å². The molecule has 0 saturated heterocycles. The van der Waals surface area contributed by atoms with Gasteiger partial charge < -0.3 is 4.74 Å². The van der Waals surface area contributed by atoms with E-state index in [-0.39, 0.29) is 34.6 Å². The van der Waals surface area contributed by atoms with Gasteiger partial charge in [-0.05, 0) is 38.0 Å². The third kappa shape index (κ3) is 11.2. The number of hydrogen-bond donors (Lipinski definition) is 1. The molecule has 1 aliphatic carbocycles. The fourth-order valence-electron chi connectivity index (χ4n) is 4.17. The standard InChI is InChI=1S/C24H42O4S/c1-3-5-7-8-9-13-23(29)20-15-16-22(26)21(20)18-19(25)12-10-11-14-24(27)28-17-6-4-2/h20-21,23,29H,3-18H2,1-2H3/t20-,21+,23?/m0/s1. The van der Waals surface area contributed by atoms with Crippen molar-refractivity contribution in [3.63, 3.8) is 0 Å². The number of carbonyl (C=O) groups excluding carboxylic acids is 3. The predicted octanol–water partition coefficient (Wildman–Crippen LogP) is 6.10. The summed E-state index contributed by atoms with van der Waals surface area (Å²) >= 11 is 4.80. The maximum atomic E-state index is 12.4. The van der Waals surface area contributed by atoms with Crippen molar-refractivity contribution in [2.24, 2.45) is 11.8 Å². The van der Waals surface area contributed by atoms with Gasteiger partial charge in [-0.2, -0.15) is 12.6 Å². The summed E-state index contributed by atoms with van der Waals surface area (Å²) in [5.74, 6) is 0.328. The van der Waals surface area contributed by atoms with Crippen molar-refractivity contribution in [2.75, 3.05) is 6.61 Å². The van der Waals surface area contributed by atoms with Gasteiger partial charge in [-0.25, -0.2) is 0 Å². The quantitative estimate of drug-likeness (QED) is 0.173. The highest BCUT2D eigenvalue weighted by atomic mass is 32.1. The van der Waals surface area contributed by atoms with Gasteiger partial charge in [-0.3, -0.25) is 14.4 Å². The monoisotopic (exact) mass is 426 g/mol. The Kier molecular flexibility index (Phi) is 14.4. The number of unbranched alkanes of at least 4 members (excludes halogenated alkanes) is 6. The van der Waals surface area contributed by atoms with Crippen LogP contribution < -0.4 is 0 Å². The Balaban J connectivity index is 2.27. The maximum Gasteiger partial charge on any atom is 0.305 e. The molecule has 29 heavy (non-hydrogen) atoms. The molecule has 5 heteroatoms. The van der Waals surface area contributed by atoms with E-state index in [1.165, 1.54) is 25.7 Å². The second-order valence-electron chi connectivity index (χ2n) is 8.57. The predicted molar refractivity (Wildman–Crippen MR) is 121 cm³/mol. The lowest BCUT2D eigenvalue weighted by atomic mass is 9.85. The van der Waals surface area contributed by atoms with Crippen LogP contribution in [0.25, 0.3) is 0 Å². The molecule has 0 spiro atoms. The van der Waals surface area contributed by atoms with Crippen LogP contribution in [0.3, 0.4) is 0 Å². The summed E-state index contributed by atoms with van der Waals surface area (Å²) in [7, 11) is 0. The Bertz CT molecular complexity index is 491. The highest BCUT2D eigenvalue weighted by Gasteiger charge is 2.38. The maximum absolute atomic E-state index is 12.4. The molecular formula is C24H42O4S. The molecule has 0 radical (unpaired) electrons. The molecule has 1 aliphatic rings. The van der Waals surface area contributed by atoms with E-state index in [0.717, 1.165) is 32.1 Å². The van der Waals surface area contributed by atoms with Crippen LogP contribution in [-0.4, -0.2) is 29.4 Å².